The number of hydrogen-bond donors (Lipinski definition) is 3. The van der Waals surface area contributed by atoms with Crippen LogP contribution in [0, 0.1) is 0 Å². The van der Waals surface area contributed by atoms with Crippen LogP contribution >= 0.6 is 0 Å². The molecule has 0 aliphatic heterocycles. The van der Waals surface area contributed by atoms with E-state index in [4.69, 9.17) is 10.5 Å². The number of benzene rings is 1. The molecule has 0 unspecified atom stereocenters. The molecule has 1 saturated carbocycles. The Hall–Kier alpha value is -1.75. The van der Waals surface area contributed by atoms with E-state index in [9.17, 15) is 9.90 Å². The average molecular weight is 222 g/mol. The molecule has 1 fully saturated rings. The number of carbonyl (C=O) groups excluding carboxylic acids is 1. The highest BCUT2D eigenvalue weighted by Gasteiger charge is 2.46. The monoisotopic (exact) mass is 222 g/mol. The second-order valence-electron chi connectivity index (χ2n) is 3.99. The summed E-state index contributed by atoms with van der Waals surface area (Å²) in [5, 5.41) is 12.2. The van der Waals surface area contributed by atoms with Gasteiger partial charge in [-0.2, -0.15) is 0 Å². The summed E-state index contributed by atoms with van der Waals surface area (Å²) in [6.45, 7) is 0. The second kappa shape index (κ2) is 3.68. The molecule has 4 N–H and O–H groups in total. The lowest BCUT2D eigenvalue weighted by atomic mass is 10.2. The Morgan fingerprint density at radius 2 is 2.25 bits per heavy atom. The number of phenols is 1. The maximum atomic E-state index is 11.6. The molecule has 1 amide bonds. The molecule has 1 aromatic carbocycles. The summed E-state index contributed by atoms with van der Waals surface area (Å²) in [5.74, 6) is 0.245. The summed E-state index contributed by atoms with van der Waals surface area (Å²) in [6, 6.07) is 4.68. The van der Waals surface area contributed by atoms with Crippen LogP contribution in [0.2, 0.25) is 0 Å². The molecule has 86 valence electrons. The van der Waals surface area contributed by atoms with Gasteiger partial charge in [-0.05, 0) is 25.0 Å². The minimum atomic E-state index is -0.744. The zero-order valence-electron chi connectivity index (χ0n) is 8.99. The normalized spacial score (nSPS) is 16.6. The van der Waals surface area contributed by atoms with Crippen molar-refractivity contribution in [3.63, 3.8) is 0 Å². The Morgan fingerprint density at radius 1 is 1.56 bits per heavy atom. The Labute approximate surface area is 93.2 Å². The first-order chi connectivity index (χ1) is 7.55. The third-order valence-corrected chi connectivity index (χ3v) is 2.69. The quantitative estimate of drug-likeness (QED) is 0.661. The van der Waals surface area contributed by atoms with Crippen molar-refractivity contribution in [3.05, 3.63) is 18.2 Å². The topological polar surface area (TPSA) is 84.6 Å². The van der Waals surface area contributed by atoms with Crippen LogP contribution < -0.4 is 15.8 Å². The van der Waals surface area contributed by atoms with Crippen LogP contribution in [-0.2, 0) is 4.79 Å². The largest absolute Gasteiger partial charge is 0.506 e. The number of methoxy groups -OCH3 is 1. The first kappa shape index (κ1) is 10.8. The predicted octanol–water partition coefficient (Wildman–Crippen LogP) is 0.831. The van der Waals surface area contributed by atoms with E-state index in [1.807, 2.05) is 0 Å². The Bertz CT molecular complexity index is 427. The van der Waals surface area contributed by atoms with Crippen LogP contribution in [0.4, 0.5) is 5.69 Å². The van der Waals surface area contributed by atoms with Gasteiger partial charge in [0.25, 0.3) is 0 Å². The zero-order chi connectivity index (χ0) is 11.8. The van der Waals surface area contributed by atoms with Gasteiger partial charge in [0.2, 0.25) is 5.91 Å². The minimum absolute atomic E-state index is 0.0306. The third kappa shape index (κ3) is 1.94. The molecule has 0 spiro atoms. The van der Waals surface area contributed by atoms with Gasteiger partial charge in [0.1, 0.15) is 11.5 Å². The number of phenolic OH excluding ortho intramolecular Hbond substituents is 1. The van der Waals surface area contributed by atoms with Gasteiger partial charge in [0.15, 0.2) is 0 Å². The van der Waals surface area contributed by atoms with E-state index in [-0.39, 0.29) is 11.7 Å². The maximum Gasteiger partial charge on any atom is 0.244 e. The summed E-state index contributed by atoms with van der Waals surface area (Å²) in [5.41, 5.74) is 5.33. The molecular weight excluding hydrogens is 208 g/mol. The molecular formula is C11H14N2O3. The van der Waals surface area contributed by atoms with Gasteiger partial charge in [-0.1, -0.05) is 0 Å². The maximum absolute atomic E-state index is 11.6. The molecule has 0 atom stereocenters. The molecule has 0 aromatic heterocycles. The molecule has 2 rings (SSSR count). The zero-order valence-corrected chi connectivity index (χ0v) is 8.99. The number of carbonyl (C=O) groups is 1. The van der Waals surface area contributed by atoms with Crippen LogP contribution in [0.25, 0.3) is 0 Å². The van der Waals surface area contributed by atoms with Crippen molar-refractivity contribution in [2.24, 2.45) is 5.73 Å². The van der Waals surface area contributed by atoms with E-state index in [0.717, 1.165) is 0 Å². The minimum Gasteiger partial charge on any atom is -0.506 e. The molecule has 5 nitrogen and oxygen atoms in total. The van der Waals surface area contributed by atoms with Gasteiger partial charge >= 0.3 is 0 Å². The lowest BCUT2D eigenvalue weighted by Gasteiger charge is -2.11. The van der Waals surface area contributed by atoms with Crippen LogP contribution in [0.15, 0.2) is 18.2 Å². The highest BCUT2D eigenvalue weighted by Crippen LogP contribution is 2.35. The van der Waals surface area contributed by atoms with Crippen LogP contribution in [0.3, 0.4) is 0 Å². The van der Waals surface area contributed by atoms with Crippen molar-refractivity contribution < 1.29 is 14.6 Å². The number of nitrogens with one attached hydrogen (secondary N) is 1. The second-order valence-corrected chi connectivity index (χ2v) is 3.99. The molecule has 0 bridgehead atoms. The van der Waals surface area contributed by atoms with Gasteiger partial charge in [-0.25, -0.2) is 0 Å². The number of hydrogen-bond acceptors (Lipinski definition) is 4. The van der Waals surface area contributed by atoms with Crippen molar-refractivity contribution in [1.29, 1.82) is 0 Å². The fourth-order valence-corrected chi connectivity index (χ4v) is 1.35. The average Bonchev–Trinajstić information content (AvgIpc) is 3.01. The lowest BCUT2D eigenvalue weighted by molar-refractivity contribution is -0.118. The van der Waals surface area contributed by atoms with E-state index >= 15 is 0 Å². The first-order valence-electron chi connectivity index (χ1n) is 5.02. The van der Waals surface area contributed by atoms with Gasteiger partial charge < -0.3 is 20.9 Å². The standard InChI is InChI=1S/C11H14N2O3/c1-16-7-2-3-8(9(14)6-7)13-10(15)11(12)4-5-11/h2-3,6,14H,4-5,12H2,1H3,(H,13,15). The van der Waals surface area contributed by atoms with Gasteiger partial charge in [0.05, 0.1) is 18.3 Å². The van der Waals surface area contributed by atoms with E-state index < -0.39 is 5.54 Å². The summed E-state index contributed by atoms with van der Waals surface area (Å²) in [7, 11) is 1.51. The van der Waals surface area contributed by atoms with E-state index in [2.05, 4.69) is 5.32 Å². The number of rotatable bonds is 3. The fraction of sp³-hybridized carbons (Fsp3) is 0.364. The van der Waals surface area contributed by atoms with Crippen molar-refractivity contribution >= 4 is 11.6 Å². The highest BCUT2D eigenvalue weighted by atomic mass is 16.5. The van der Waals surface area contributed by atoms with Crippen molar-refractivity contribution in [1.82, 2.24) is 0 Å². The lowest BCUT2D eigenvalue weighted by Crippen LogP contribution is -2.37. The van der Waals surface area contributed by atoms with Gasteiger partial charge in [0, 0.05) is 6.07 Å². The van der Waals surface area contributed by atoms with Crippen molar-refractivity contribution in [2.75, 3.05) is 12.4 Å². The first-order valence-corrected chi connectivity index (χ1v) is 5.02. The molecule has 0 saturated heterocycles. The third-order valence-electron chi connectivity index (χ3n) is 2.69. The fourth-order valence-electron chi connectivity index (χ4n) is 1.35. The summed E-state index contributed by atoms with van der Waals surface area (Å²) >= 11 is 0. The summed E-state index contributed by atoms with van der Waals surface area (Å²) < 4.78 is 4.94. The van der Waals surface area contributed by atoms with E-state index in [1.165, 1.54) is 13.2 Å². The highest BCUT2D eigenvalue weighted by molar-refractivity contribution is 6.01. The Morgan fingerprint density at radius 3 is 2.75 bits per heavy atom. The predicted molar refractivity (Wildman–Crippen MR) is 59.4 cm³/mol. The summed E-state index contributed by atoms with van der Waals surface area (Å²) in [6.07, 6.45) is 1.38. The van der Waals surface area contributed by atoms with Crippen molar-refractivity contribution in [3.8, 4) is 11.5 Å². The van der Waals surface area contributed by atoms with Crippen LogP contribution in [-0.4, -0.2) is 23.7 Å². The number of anilines is 1. The van der Waals surface area contributed by atoms with Crippen molar-refractivity contribution in [2.45, 2.75) is 18.4 Å². The number of nitrogens with two attached hydrogens (primary N) is 1. The van der Waals surface area contributed by atoms with E-state index in [1.54, 1.807) is 12.1 Å². The van der Waals surface area contributed by atoms with E-state index in [0.29, 0.717) is 24.3 Å². The number of aromatic hydroxyl groups is 1. The van der Waals surface area contributed by atoms with Gasteiger partial charge in [-0.3, -0.25) is 4.79 Å². The molecule has 1 aromatic rings. The molecule has 0 heterocycles. The molecule has 0 radical (unpaired) electrons. The van der Waals surface area contributed by atoms with Crippen LogP contribution in [0.5, 0.6) is 11.5 Å². The Kier molecular flexibility index (Phi) is 2.47. The smallest absolute Gasteiger partial charge is 0.244 e. The molecule has 5 heteroatoms. The number of ether oxygens (including phenoxy) is 1. The Balaban J connectivity index is 2.12. The van der Waals surface area contributed by atoms with Crippen LogP contribution in [0.1, 0.15) is 12.8 Å². The molecule has 1 aliphatic rings. The SMILES string of the molecule is COc1ccc(NC(=O)C2(N)CC2)c(O)c1. The molecule has 16 heavy (non-hydrogen) atoms. The van der Waals surface area contributed by atoms with Gasteiger partial charge in [-0.15, -0.1) is 0 Å². The number of amides is 1. The summed E-state index contributed by atoms with van der Waals surface area (Å²) in [4.78, 5) is 11.6. The molecule has 1 aliphatic carbocycles.